The Balaban J connectivity index is 2.15. The normalized spacial score (nSPS) is 11.1. The van der Waals surface area contributed by atoms with Crippen molar-refractivity contribution in [3.8, 4) is 18.1 Å². The minimum Gasteiger partial charge on any atom is -0.492 e. The Morgan fingerprint density at radius 2 is 2.15 bits per heavy atom. The van der Waals surface area contributed by atoms with E-state index in [0.717, 1.165) is 30.3 Å². The van der Waals surface area contributed by atoms with Gasteiger partial charge in [0.15, 0.2) is 5.84 Å². The minimum absolute atomic E-state index is 0.0858. The van der Waals surface area contributed by atoms with Crippen LogP contribution in [0.1, 0.15) is 5.56 Å². The standard InChI is InChI=1S/C14H19N3O2S/c1-2-10-20-11-8-16-7-9-19-13-5-3-12(4-6-13)14(15)17-18/h1,3-6,16,18H,7-11H2,(H2,15,17). The molecule has 4 N–H and O–H groups in total. The van der Waals surface area contributed by atoms with Crippen LogP contribution in [0.3, 0.4) is 0 Å². The topological polar surface area (TPSA) is 79.9 Å². The zero-order valence-electron chi connectivity index (χ0n) is 11.2. The molecule has 0 fully saturated rings. The highest BCUT2D eigenvalue weighted by Crippen LogP contribution is 2.11. The van der Waals surface area contributed by atoms with Crippen LogP contribution in [0.5, 0.6) is 5.75 Å². The van der Waals surface area contributed by atoms with Gasteiger partial charge in [-0.2, -0.15) is 0 Å². The molecule has 0 aliphatic rings. The predicted octanol–water partition coefficient (Wildman–Crippen LogP) is 1.12. The molecule has 6 heteroatoms. The van der Waals surface area contributed by atoms with E-state index in [2.05, 4.69) is 16.4 Å². The molecule has 5 nitrogen and oxygen atoms in total. The Morgan fingerprint density at radius 1 is 1.40 bits per heavy atom. The molecule has 0 unspecified atom stereocenters. The van der Waals surface area contributed by atoms with Crippen molar-refractivity contribution in [1.29, 1.82) is 0 Å². The smallest absolute Gasteiger partial charge is 0.170 e. The molecule has 0 heterocycles. The van der Waals surface area contributed by atoms with Crippen LogP contribution < -0.4 is 15.8 Å². The lowest BCUT2D eigenvalue weighted by Crippen LogP contribution is -2.23. The summed E-state index contributed by atoms with van der Waals surface area (Å²) in [4.78, 5) is 0. The first kappa shape index (κ1) is 16.2. The van der Waals surface area contributed by atoms with Gasteiger partial charge < -0.3 is 21.0 Å². The Hall–Kier alpha value is -1.84. The number of thioether (sulfide) groups is 1. The van der Waals surface area contributed by atoms with Crippen molar-refractivity contribution in [2.45, 2.75) is 0 Å². The third-order valence-corrected chi connectivity index (χ3v) is 3.28. The average Bonchev–Trinajstić information content (AvgIpc) is 2.50. The van der Waals surface area contributed by atoms with E-state index in [1.165, 1.54) is 0 Å². The highest BCUT2D eigenvalue weighted by Gasteiger charge is 1.99. The molecular formula is C14H19N3O2S. The number of rotatable bonds is 9. The van der Waals surface area contributed by atoms with Crippen LogP contribution in [0.25, 0.3) is 0 Å². The van der Waals surface area contributed by atoms with Crippen LogP contribution in [0.4, 0.5) is 0 Å². The molecule has 0 spiro atoms. The number of nitrogens with zero attached hydrogens (tertiary/aromatic N) is 1. The second kappa shape index (κ2) is 10.0. The fourth-order valence-corrected chi connectivity index (χ4v) is 1.97. The maximum atomic E-state index is 8.55. The van der Waals surface area contributed by atoms with E-state index in [0.29, 0.717) is 12.2 Å². The van der Waals surface area contributed by atoms with Gasteiger partial charge in [-0.05, 0) is 24.3 Å². The van der Waals surface area contributed by atoms with Crippen LogP contribution >= 0.6 is 11.8 Å². The number of nitrogens with two attached hydrogens (primary N) is 1. The third-order valence-electron chi connectivity index (χ3n) is 2.41. The van der Waals surface area contributed by atoms with Crippen molar-refractivity contribution in [2.24, 2.45) is 10.9 Å². The Kier molecular flexibility index (Phi) is 8.11. The van der Waals surface area contributed by atoms with Gasteiger partial charge in [-0.15, -0.1) is 18.2 Å². The Morgan fingerprint density at radius 3 is 2.80 bits per heavy atom. The first-order chi connectivity index (χ1) is 9.77. The number of amidine groups is 1. The number of ether oxygens (including phenoxy) is 1. The van der Waals surface area contributed by atoms with Crippen LogP contribution in [0.2, 0.25) is 0 Å². The van der Waals surface area contributed by atoms with E-state index < -0.39 is 0 Å². The van der Waals surface area contributed by atoms with Crippen molar-refractivity contribution in [2.75, 3.05) is 31.2 Å². The number of hydrogen-bond acceptors (Lipinski definition) is 5. The van der Waals surface area contributed by atoms with Crippen LogP contribution in [-0.2, 0) is 0 Å². The minimum atomic E-state index is 0.0858. The first-order valence-corrected chi connectivity index (χ1v) is 7.36. The number of terminal acetylenes is 1. The van der Waals surface area contributed by atoms with Gasteiger partial charge >= 0.3 is 0 Å². The summed E-state index contributed by atoms with van der Waals surface area (Å²) >= 11 is 1.73. The molecule has 0 aliphatic carbocycles. The van der Waals surface area contributed by atoms with Crippen LogP contribution in [0.15, 0.2) is 29.4 Å². The van der Waals surface area contributed by atoms with E-state index in [-0.39, 0.29) is 5.84 Å². The molecule has 0 radical (unpaired) electrons. The monoisotopic (exact) mass is 293 g/mol. The van der Waals surface area contributed by atoms with E-state index >= 15 is 0 Å². The molecule has 108 valence electrons. The molecule has 0 atom stereocenters. The lowest BCUT2D eigenvalue weighted by Gasteiger charge is -2.08. The lowest BCUT2D eigenvalue weighted by atomic mass is 10.2. The number of nitrogens with one attached hydrogen (secondary N) is 1. The van der Waals surface area contributed by atoms with Crippen LogP contribution in [0, 0.1) is 12.3 Å². The quantitative estimate of drug-likeness (QED) is 0.159. The summed E-state index contributed by atoms with van der Waals surface area (Å²) in [5.41, 5.74) is 6.12. The molecule has 1 aromatic carbocycles. The second-order valence-corrected chi connectivity index (χ2v) is 4.97. The van der Waals surface area contributed by atoms with E-state index in [4.69, 9.17) is 22.1 Å². The molecule has 1 aromatic rings. The van der Waals surface area contributed by atoms with Gasteiger partial charge in [0, 0.05) is 24.4 Å². The lowest BCUT2D eigenvalue weighted by molar-refractivity contribution is 0.315. The predicted molar refractivity (Wildman–Crippen MR) is 83.5 cm³/mol. The highest BCUT2D eigenvalue weighted by atomic mass is 32.2. The van der Waals surface area contributed by atoms with Gasteiger partial charge in [0.2, 0.25) is 0 Å². The summed E-state index contributed by atoms with van der Waals surface area (Å²) in [7, 11) is 0. The molecule has 0 amide bonds. The number of benzene rings is 1. The largest absolute Gasteiger partial charge is 0.492 e. The zero-order chi connectivity index (χ0) is 14.6. The summed E-state index contributed by atoms with van der Waals surface area (Å²) in [6.07, 6.45) is 5.15. The molecule has 0 saturated carbocycles. The van der Waals surface area contributed by atoms with Gasteiger partial charge in [-0.3, -0.25) is 0 Å². The molecule has 0 bridgehead atoms. The highest BCUT2D eigenvalue weighted by molar-refractivity contribution is 7.99. The molecule has 0 aliphatic heterocycles. The maximum Gasteiger partial charge on any atom is 0.170 e. The summed E-state index contributed by atoms with van der Waals surface area (Å²) in [6.45, 7) is 2.28. The molecule has 20 heavy (non-hydrogen) atoms. The summed E-state index contributed by atoms with van der Waals surface area (Å²) in [6, 6.07) is 7.06. The van der Waals surface area contributed by atoms with Gasteiger partial charge in [0.05, 0.1) is 5.75 Å². The van der Waals surface area contributed by atoms with Gasteiger partial charge in [-0.25, -0.2) is 0 Å². The van der Waals surface area contributed by atoms with Gasteiger partial charge in [0.25, 0.3) is 0 Å². The van der Waals surface area contributed by atoms with Crippen molar-refractivity contribution in [3.05, 3.63) is 29.8 Å². The molecular weight excluding hydrogens is 274 g/mol. The second-order valence-electron chi connectivity index (χ2n) is 3.86. The fourth-order valence-electron chi connectivity index (χ4n) is 1.42. The number of oxime groups is 1. The SMILES string of the molecule is C#CCSCCNCCOc1ccc(/C(N)=N\O)cc1. The molecule has 0 saturated heterocycles. The average molecular weight is 293 g/mol. The van der Waals surface area contributed by atoms with Gasteiger partial charge in [-0.1, -0.05) is 11.1 Å². The van der Waals surface area contributed by atoms with Crippen LogP contribution in [-0.4, -0.2) is 42.2 Å². The molecule has 0 aromatic heterocycles. The van der Waals surface area contributed by atoms with E-state index in [9.17, 15) is 0 Å². The van der Waals surface area contributed by atoms with Crippen molar-refractivity contribution in [1.82, 2.24) is 5.32 Å². The zero-order valence-corrected chi connectivity index (χ0v) is 12.0. The van der Waals surface area contributed by atoms with E-state index in [1.54, 1.807) is 36.0 Å². The first-order valence-electron chi connectivity index (χ1n) is 6.20. The Labute approximate surface area is 123 Å². The number of hydrogen-bond donors (Lipinski definition) is 3. The van der Waals surface area contributed by atoms with Gasteiger partial charge in [0.1, 0.15) is 12.4 Å². The van der Waals surface area contributed by atoms with Crippen molar-refractivity contribution in [3.63, 3.8) is 0 Å². The maximum absolute atomic E-state index is 8.55. The van der Waals surface area contributed by atoms with Crippen molar-refractivity contribution < 1.29 is 9.94 Å². The summed E-state index contributed by atoms with van der Waals surface area (Å²) in [5, 5.41) is 14.7. The summed E-state index contributed by atoms with van der Waals surface area (Å²) in [5.74, 6) is 5.18. The Bertz CT molecular complexity index is 454. The molecule has 1 rings (SSSR count). The van der Waals surface area contributed by atoms with E-state index in [1.807, 2.05) is 0 Å². The summed E-state index contributed by atoms with van der Waals surface area (Å²) < 4.78 is 5.56. The third kappa shape index (κ3) is 6.36. The fraction of sp³-hybridized carbons (Fsp3) is 0.357. The van der Waals surface area contributed by atoms with Crippen molar-refractivity contribution >= 4 is 17.6 Å².